The molecule has 0 radical (unpaired) electrons. The van der Waals surface area contributed by atoms with Gasteiger partial charge in [0.1, 0.15) is 0 Å². The molecule has 0 bridgehead atoms. The number of carbonyl (C=O) groups is 1. The maximum absolute atomic E-state index is 11.1. The number of esters is 1. The van der Waals surface area contributed by atoms with Crippen LogP contribution >= 0.6 is 11.6 Å². The summed E-state index contributed by atoms with van der Waals surface area (Å²) in [6.45, 7) is 5.24. The highest BCUT2D eigenvalue weighted by Gasteiger charge is 2.15. The van der Waals surface area contributed by atoms with Crippen LogP contribution < -0.4 is 0 Å². The molecule has 1 unspecified atom stereocenters. The van der Waals surface area contributed by atoms with Crippen LogP contribution in [0.4, 0.5) is 0 Å². The molecule has 0 aliphatic carbocycles. The maximum atomic E-state index is 11.1. The molecule has 0 N–H and O–H groups in total. The minimum Gasteiger partial charge on any atom is -0.469 e. The van der Waals surface area contributed by atoms with Gasteiger partial charge in [-0.2, -0.15) is 0 Å². The van der Waals surface area contributed by atoms with Crippen LogP contribution in [-0.4, -0.2) is 38.1 Å². The summed E-state index contributed by atoms with van der Waals surface area (Å²) in [5.41, 5.74) is 2.63. The number of likely N-dealkylation sites (N-methyl/N-ethyl adjacent to an activating group) is 1. The van der Waals surface area contributed by atoms with Crippen LogP contribution in [0.3, 0.4) is 0 Å². The summed E-state index contributed by atoms with van der Waals surface area (Å²) in [5, 5.41) is 0. The fraction of sp³-hybridized carbons (Fsp3) is 0.700. The minimum atomic E-state index is -0.177. The molecule has 0 heterocycles. The third-order valence-electron chi connectivity index (χ3n) is 1.89. The van der Waals surface area contributed by atoms with Gasteiger partial charge in [-0.1, -0.05) is 18.5 Å². The van der Waals surface area contributed by atoms with E-state index in [1.807, 2.05) is 25.8 Å². The molecule has 82 valence electrons. The van der Waals surface area contributed by atoms with E-state index in [4.69, 9.17) is 11.6 Å². The van der Waals surface area contributed by atoms with Gasteiger partial charge in [0, 0.05) is 18.6 Å². The van der Waals surface area contributed by atoms with Crippen molar-refractivity contribution >= 4 is 17.6 Å². The molecule has 14 heavy (non-hydrogen) atoms. The van der Waals surface area contributed by atoms with E-state index in [0.29, 0.717) is 6.54 Å². The molecule has 0 aromatic carbocycles. The van der Waals surface area contributed by atoms with Gasteiger partial charge >= 0.3 is 5.97 Å². The second-order valence-corrected chi connectivity index (χ2v) is 3.79. The number of methoxy groups -OCH3 is 1. The molecule has 0 aromatic rings. The lowest BCUT2D eigenvalue weighted by molar-refractivity contribution is -0.145. The Balaban J connectivity index is 3.93. The lowest BCUT2D eigenvalue weighted by Gasteiger charge is -2.19. The number of halogens is 1. The highest BCUT2D eigenvalue weighted by molar-refractivity contribution is 6.25. The number of rotatable bonds is 5. The van der Waals surface area contributed by atoms with Gasteiger partial charge in [0.2, 0.25) is 0 Å². The molecule has 4 heteroatoms. The van der Waals surface area contributed by atoms with Gasteiger partial charge in [-0.15, -0.1) is 0 Å². The van der Waals surface area contributed by atoms with Crippen molar-refractivity contribution in [2.24, 2.45) is 5.92 Å². The third kappa shape index (κ3) is 5.25. The van der Waals surface area contributed by atoms with Gasteiger partial charge in [-0.3, -0.25) is 4.79 Å². The predicted molar refractivity (Wildman–Crippen MR) is 58.3 cm³/mol. The van der Waals surface area contributed by atoms with E-state index >= 15 is 0 Å². The molecule has 0 aliphatic rings. The lowest BCUT2D eigenvalue weighted by Crippen LogP contribution is -2.30. The molecule has 1 atom stereocenters. The molecule has 0 saturated carbocycles. The van der Waals surface area contributed by atoms with Gasteiger partial charge in [0.25, 0.3) is 0 Å². The quantitative estimate of drug-likeness (QED) is 0.662. The largest absolute Gasteiger partial charge is 0.469 e. The summed E-state index contributed by atoms with van der Waals surface area (Å²) in [5.74, 6) is -0.280. The van der Waals surface area contributed by atoms with Gasteiger partial charge in [-0.05, 0) is 19.5 Å². The lowest BCUT2D eigenvalue weighted by atomic mass is 10.1. The Labute approximate surface area is 90.7 Å². The summed E-state index contributed by atoms with van der Waals surface area (Å²) >= 11 is 5.54. The Morgan fingerprint density at radius 1 is 1.64 bits per heavy atom. The van der Waals surface area contributed by atoms with Crippen LogP contribution in [0.25, 0.3) is 0 Å². The normalized spacial score (nSPS) is 14.3. The van der Waals surface area contributed by atoms with E-state index in [2.05, 4.69) is 4.74 Å². The highest BCUT2D eigenvalue weighted by Crippen LogP contribution is 2.04. The minimum absolute atomic E-state index is 0.104. The van der Waals surface area contributed by atoms with E-state index < -0.39 is 0 Å². The molecule has 3 nitrogen and oxygen atoms in total. The van der Waals surface area contributed by atoms with Crippen molar-refractivity contribution in [1.82, 2.24) is 4.90 Å². The Morgan fingerprint density at radius 3 is 2.64 bits per heavy atom. The summed E-state index contributed by atoms with van der Waals surface area (Å²) in [7, 11) is 3.35. The smallest absolute Gasteiger partial charge is 0.309 e. The van der Waals surface area contributed by atoms with Crippen molar-refractivity contribution in [2.75, 3.05) is 27.2 Å². The first-order valence-electron chi connectivity index (χ1n) is 4.53. The SMILES string of the molecule is COC(=O)C(C)CN(C)CC(C)=CCl. The number of hydrogen-bond donors (Lipinski definition) is 0. The zero-order valence-corrected chi connectivity index (χ0v) is 9.97. The first-order chi connectivity index (χ1) is 6.51. The second-order valence-electron chi connectivity index (χ2n) is 3.58. The van der Waals surface area contributed by atoms with Crippen molar-refractivity contribution in [3.63, 3.8) is 0 Å². The van der Waals surface area contributed by atoms with Gasteiger partial charge < -0.3 is 9.64 Å². The van der Waals surface area contributed by atoms with Gasteiger partial charge in [-0.25, -0.2) is 0 Å². The molecule has 0 saturated heterocycles. The molecular weight excluding hydrogens is 202 g/mol. The van der Waals surface area contributed by atoms with Crippen LogP contribution in [0, 0.1) is 5.92 Å². The Bertz CT molecular complexity index is 216. The zero-order valence-electron chi connectivity index (χ0n) is 9.21. The molecule has 0 spiro atoms. The first kappa shape index (κ1) is 13.5. The number of ether oxygens (including phenoxy) is 1. The maximum Gasteiger partial charge on any atom is 0.309 e. The summed E-state index contributed by atoms with van der Waals surface area (Å²) < 4.78 is 4.64. The van der Waals surface area contributed by atoms with E-state index in [9.17, 15) is 4.79 Å². The standard InChI is InChI=1S/C10H18ClNO2/c1-8(5-11)6-12(3)7-9(2)10(13)14-4/h5,9H,6-7H2,1-4H3. The van der Waals surface area contributed by atoms with E-state index in [-0.39, 0.29) is 11.9 Å². The number of carbonyl (C=O) groups excluding carboxylic acids is 1. The fourth-order valence-corrected chi connectivity index (χ4v) is 1.34. The van der Waals surface area contributed by atoms with Crippen LogP contribution in [0.15, 0.2) is 11.1 Å². The predicted octanol–water partition coefficient (Wildman–Crippen LogP) is 1.87. The third-order valence-corrected chi connectivity index (χ3v) is 2.27. The molecule has 0 amide bonds. The average molecular weight is 220 g/mol. The highest BCUT2D eigenvalue weighted by atomic mass is 35.5. The summed E-state index contributed by atoms with van der Waals surface area (Å²) in [4.78, 5) is 13.2. The Morgan fingerprint density at radius 2 is 2.21 bits per heavy atom. The average Bonchev–Trinajstić information content (AvgIpc) is 2.15. The zero-order chi connectivity index (χ0) is 11.1. The van der Waals surface area contributed by atoms with Crippen LogP contribution in [0.2, 0.25) is 0 Å². The number of nitrogens with zero attached hydrogens (tertiary/aromatic N) is 1. The molecular formula is C10H18ClNO2. The Kier molecular flexibility index (Phi) is 6.58. The van der Waals surface area contributed by atoms with Gasteiger partial charge in [0.05, 0.1) is 13.0 Å². The fourth-order valence-electron chi connectivity index (χ4n) is 1.27. The molecule has 0 rings (SSSR count). The molecule has 0 aromatic heterocycles. The van der Waals surface area contributed by atoms with Gasteiger partial charge in [0.15, 0.2) is 0 Å². The van der Waals surface area contributed by atoms with E-state index in [1.165, 1.54) is 7.11 Å². The van der Waals surface area contributed by atoms with Crippen LogP contribution in [0.5, 0.6) is 0 Å². The summed E-state index contributed by atoms with van der Waals surface area (Å²) in [6.07, 6.45) is 0. The summed E-state index contributed by atoms with van der Waals surface area (Å²) in [6, 6.07) is 0. The molecule has 0 fully saturated rings. The van der Waals surface area contributed by atoms with E-state index in [0.717, 1.165) is 12.1 Å². The number of hydrogen-bond acceptors (Lipinski definition) is 3. The van der Waals surface area contributed by atoms with E-state index in [1.54, 1.807) is 5.54 Å². The topological polar surface area (TPSA) is 29.5 Å². The van der Waals surface area contributed by atoms with Crippen molar-refractivity contribution in [3.8, 4) is 0 Å². The monoisotopic (exact) mass is 219 g/mol. The van der Waals surface area contributed by atoms with Crippen molar-refractivity contribution in [2.45, 2.75) is 13.8 Å². The first-order valence-corrected chi connectivity index (χ1v) is 4.97. The van der Waals surface area contributed by atoms with Crippen molar-refractivity contribution in [3.05, 3.63) is 11.1 Å². The van der Waals surface area contributed by atoms with Crippen LogP contribution in [-0.2, 0) is 9.53 Å². The van der Waals surface area contributed by atoms with Crippen LogP contribution in [0.1, 0.15) is 13.8 Å². The van der Waals surface area contributed by atoms with Crippen molar-refractivity contribution in [1.29, 1.82) is 0 Å². The van der Waals surface area contributed by atoms with Crippen molar-refractivity contribution < 1.29 is 9.53 Å². The second kappa shape index (κ2) is 6.85. The molecule has 0 aliphatic heterocycles. The Hall–Kier alpha value is -0.540.